The van der Waals surface area contributed by atoms with Crippen molar-refractivity contribution in [2.45, 2.75) is 71.3 Å². The van der Waals surface area contributed by atoms with Gasteiger partial charge in [-0.3, -0.25) is 0 Å². The summed E-state index contributed by atoms with van der Waals surface area (Å²) in [6.07, 6.45) is 10.9. The maximum Gasteiger partial charge on any atom is 0.0235 e. The molecule has 0 spiro atoms. The molecule has 0 heterocycles. The molecule has 0 aromatic rings. The first-order valence-electron chi connectivity index (χ1n) is 7.61. The van der Waals surface area contributed by atoms with Gasteiger partial charge in [0.15, 0.2) is 0 Å². The Morgan fingerprint density at radius 1 is 1.24 bits per heavy atom. The first-order chi connectivity index (χ1) is 8.31. The molecule has 1 nitrogen and oxygen atoms in total. The van der Waals surface area contributed by atoms with Crippen molar-refractivity contribution in [3.8, 4) is 0 Å². The molecule has 0 aromatic heterocycles. The van der Waals surface area contributed by atoms with E-state index in [0.29, 0.717) is 0 Å². The van der Waals surface area contributed by atoms with Gasteiger partial charge in [0.05, 0.1) is 0 Å². The van der Waals surface area contributed by atoms with Crippen molar-refractivity contribution in [1.29, 1.82) is 0 Å². The lowest BCUT2D eigenvalue weighted by molar-refractivity contribution is 0.103. The minimum Gasteiger partial charge on any atom is -0.300 e. The number of nitrogens with zero attached hydrogens (tertiary/aromatic N) is 1. The molecule has 0 aromatic carbocycles. The summed E-state index contributed by atoms with van der Waals surface area (Å²) >= 11 is 5.84. The largest absolute Gasteiger partial charge is 0.300 e. The second kappa shape index (κ2) is 9.22. The van der Waals surface area contributed by atoms with E-state index in [2.05, 4.69) is 18.7 Å². The van der Waals surface area contributed by atoms with E-state index in [0.717, 1.165) is 24.3 Å². The third-order valence-electron chi connectivity index (χ3n) is 4.21. The van der Waals surface area contributed by atoms with E-state index in [-0.39, 0.29) is 0 Å². The van der Waals surface area contributed by atoms with Crippen molar-refractivity contribution >= 4 is 11.6 Å². The molecular formula is C15H30ClN. The van der Waals surface area contributed by atoms with E-state index in [4.69, 9.17) is 11.6 Å². The average molecular weight is 260 g/mol. The fraction of sp³-hybridized carbons (Fsp3) is 1.00. The molecule has 1 aliphatic carbocycles. The maximum atomic E-state index is 5.84. The highest BCUT2D eigenvalue weighted by atomic mass is 35.5. The van der Waals surface area contributed by atoms with Gasteiger partial charge < -0.3 is 4.90 Å². The zero-order chi connectivity index (χ0) is 12.5. The van der Waals surface area contributed by atoms with Crippen LogP contribution in [0.1, 0.15) is 65.2 Å². The summed E-state index contributed by atoms with van der Waals surface area (Å²) < 4.78 is 0. The highest BCUT2D eigenvalue weighted by molar-refractivity contribution is 6.17. The molecule has 1 fully saturated rings. The van der Waals surface area contributed by atoms with Gasteiger partial charge in [0.25, 0.3) is 0 Å². The molecule has 0 N–H and O–H groups in total. The van der Waals surface area contributed by atoms with Gasteiger partial charge >= 0.3 is 0 Å². The second-order valence-electron chi connectivity index (χ2n) is 5.54. The van der Waals surface area contributed by atoms with Crippen molar-refractivity contribution in [3.63, 3.8) is 0 Å². The van der Waals surface area contributed by atoms with Crippen LogP contribution in [0.25, 0.3) is 0 Å². The van der Waals surface area contributed by atoms with E-state index < -0.39 is 0 Å². The van der Waals surface area contributed by atoms with Gasteiger partial charge in [0.2, 0.25) is 0 Å². The number of rotatable bonds is 10. The number of unbranched alkanes of at least 4 members (excludes halogenated alkanes) is 1. The van der Waals surface area contributed by atoms with E-state index in [1.807, 2.05) is 0 Å². The predicted molar refractivity (Wildman–Crippen MR) is 77.9 cm³/mol. The number of halogens is 1. The molecule has 0 amide bonds. The second-order valence-corrected chi connectivity index (χ2v) is 5.92. The van der Waals surface area contributed by atoms with E-state index in [1.54, 1.807) is 0 Å². The zero-order valence-electron chi connectivity index (χ0n) is 11.8. The first-order valence-corrected chi connectivity index (χ1v) is 8.15. The summed E-state index contributed by atoms with van der Waals surface area (Å²) in [5.74, 6) is 1.72. The summed E-state index contributed by atoms with van der Waals surface area (Å²) in [4.78, 5) is 2.73. The van der Waals surface area contributed by atoms with Crippen molar-refractivity contribution in [1.82, 2.24) is 4.90 Å². The van der Waals surface area contributed by atoms with Crippen LogP contribution in [-0.2, 0) is 0 Å². The smallest absolute Gasteiger partial charge is 0.0235 e. The Kier molecular flexibility index (Phi) is 8.30. The highest BCUT2D eigenvalue weighted by Gasteiger charge is 2.25. The molecule has 17 heavy (non-hydrogen) atoms. The van der Waals surface area contributed by atoms with Crippen LogP contribution in [0.3, 0.4) is 0 Å². The van der Waals surface area contributed by atoms with Crippen molar-refractivity contribution in [2.75, 3.05) is 19.0 Å². The molecule has 0 aliphatic heterocycles. The summed E-state index contributed by atoms with van der Waals surface area (Å²) in [7, 11) is 0. The summed E-state index contributed by atoms with van der Waals surface area (Å²) in [6, 6.07) is 0.883. The molecule has 0 radical (unpaired) electrons. The van der Waals surface area contributed by atoms with Crippen LogP contribution in [0.4, 0.5) is 0 Å². The van der Waals surface area contributed by atoms with Gasteiger partial charge in [-0.2, -0.15) is 0 Å². The lowest BCUT2D eigenvalue weighted by Crippen LogP contribution is -2.43. The van der Waals surface area contributed by atoms with E-state index in [1.165, 1.54) is 58.0 Å². The van der Waals surface area contributed by atoms with Crippen LogP contribution >= 0.6 is 11.6 Å². The minimum absolute atomic E-state index is 0.814. The molecule has 0 saturated heterocycles. The highest BCUT2D eigenvalue weighted by Crippen LogP contribution is 2.27. The van der Waals surface area contributed by atoms with Gasteiger partial charge in [-0.25, -0.2) is 0 Å². The summed E-state index contributed by atoms with van der Waals surface area (Å²) in [6.45, 7) is 7.18. The maximum absolute atomic E-state index is 5.84. The predicted octanol–water partition coefficient (Wildman–Crippen LogP) is 4.69. The third kappa shape index (κ3) is 5.61. The van der Waals surface area contributed by atoms with Crippen LogP contribution in [0.2, 0.25) is 0 Å². The molecular weight excluding hydrogens is 230 g/mol. The van der Waals surface area contributed by atoms with E-state index >= 15 is 0 Å². The Morgan fingerprint density at radius 2 is 2.00 bits per heavy atom. The van der Waals surface area contributed by atoms with Crippen LogP contribution in [0, 0.1) is 5.92 Å². The van der Waals surface area contributed by atoms with Gasteiger partial charge in [0, 0.05) is 18.5 Å². The SMILES string of the molecule is CCCCC(CC)CN(CCCCl)C1CCC1. The Bertz CT molecular complexity index is 180. The molecule has 2 heteroatoms. The zero-order valence-corrected chi connectivity index (χ0v) is 12.5. The van der Waals surface area contributed by atoms with Crippen molar-refractivity contribution in [3.05, 3.63) is 0 Å². The van der Waals surface area contributed by atoms with Gasteiger partial charge in [0.1, 0.15) is 0 Å². The monoisotopic (exact) mass is 259 g/mol. The summed E-state index contributed by atoms with van der Waals surface area (Å²) in [5.41, 5.74) is 0. The quantitative estimate of drug-likeness (QED) is 0.515. The van der Waals surface area contributed by atoms with Crippen LogP contribution < -0.4 is 0 Å². The summed E-state index contributed by atoms with van der Waals surface area (Å²) in [5, 5.41) is 0. The Labute approximate surface area is 113 Å². The normalized spacial score (nSPS) is 18.4. The fourth-order valence-corrected chi connectivity index (χ4v) is 2.81. The first kappa shape index (κ1) is 15.3. The molecule has 1 aliphatic rings. The Hall–Kier alpha value is 0.250. The molecule has 102 valence electrons. The molecule has 1 saturated carbocycles. The van der Waals surface area contributed by atoms with Gasteiger partial charge in [-0.1, -0.05) is 39.5 Å². The number of hydrogen-bond donors (Lipinski definition) is 0. The van der Waals surface area contributed by atoms with Crippen LogP contribution in [-0.4, -0.2) is 29.9 Å². The lowest BCUT2D eigenvalue weighted by atomic mass is 9.89. The molecule has 0 bridgehead atoms. The van der Waals surface area contributed by atoms with Crippen LogP contribution in [0.15, 0.2) is 0 Å². The van der Waals surface area contributed by atoms with Crippen molar-refractivity contribution < 1.29 is 0 Å². The third-order valence-corrected chi connectivity index (χ3v) is 4.47. The average Bonchev–Trinajstić information content (AvgIpc) is 2.28. The Morgan fingerprint density at radius 3 is 2.47 bits per heavy atom. The van der Waals surface area contributed by atoms with Crippen LogP contribution in [0.5, 0.6) is 0 Å². The lowest BCUT2D eigenvalue weighted by Gasteiger charge is -2.39. The standard InChI is InChI=1S/C15H30ClN/c1-3-5-8-14(4-2)13-17(12-7-11-16)15-9-6-10-15/h14-15H,3-13H2,1-2H3. The topological polar surface area (TPSA) is 3.24 Å². The number of hydrogen-bond acceptors (Lipinski definition) is 1. The van der Waals surface area contributed by atoms with E-state index in [9.17, 15) is 0 Å². The fourth-order valence-electron chi connectivity index (χ4n) is 2.69. The van der Waals surface area contributed by atoms with Gasteiger partial charge in [-0.05, 0) is 38.1 Å². The Balaban J connectivity index is 2.33. The van der Waals surface area contributed by atoms with Gasteiger partial charge in [-0.15, -0.1) is 11.6 Å². The molecule has 1 atom stereocenters. The molecule has 1 rings (SSSR count). The number of alkyl halides is 1. The minimum atomic E-state index is 0.814. The molecule has 1 unspecified atom stereocenters. The van der Waals surface area contributed by atoms with Crippen molar-refractivity contribution in [2.24, 2.45) is 5.92 Å².